The zero-order chi connectivity index (χ0) is 19.9. The molecule has 0 N–H and O–H groups in total. The molecule has 2 saturated heterocycles. The Balaban J connectivity index is 1.45. The predicted octanol–water partition coefficient (Wildman–Crippen LogP) is 3.42. The topological polar surface area (TPSA) is 63.7 Å². The lowest BCUT2D eigenvalue weighted by Gasteiger charge is -2.29. The highest BCUT2D eigenvalue weighted by atomic mass is 32.2. The molecule has 28 heavy (non-hydrogen) atoms. The number of benzene rings is 2. The summed E-state index contributed by atoms with van der Waals surface area (Å²) in [6.07, 6.45) is 1.19. The summed E-state index contributed by atoms with van der Waals surface area (Å²) in [6.45, 7) is 1.98. The Morgan fingerprint density at radius 3 is 2.36 bits per heavy atom. The summed E-state index contributed by atoms with van der Waals surface area (Å²) in [5, 5.41) is 0. The molecule has 0 aromatic heterocycles. The number of carbonyl (C=O) groups excluding carboxylic acids is 3. The van der Waals surface area contributed by atoms with E-state index >= 15 is 0 Å². The van der Waals surface area contributed by atoms with Crippen LogP contribution in [-0.2, 0) is 9.59 Å². The van der Waals surface area contributed by atoms with Crippen molar-refractivity contribution in [2.45, 2.75) is 30.7 Å². The monoisotopic (exact) mass is 399 g/mol. The Kier molecular flexibility index (Phi) is 4.71. The summed E-state index contributed by atoms with van der Waals surface area (Å²) in [7, 11) is 0. The highest BCUT2D eigenvalue weighted by Gasteiger charge is 2.53. The molecule has 2 aromatic rings. The van der Waals surface area contributed by atoms with Gasteiger partial charge in [0.25, 0.3) is 0 Å². The average molecular weight is 399 g/mol. The van der Waals surface area contributed by atoms with Gasteiger partial charge in [-0.15, -0.1) is 11.8 Å². The number of ether oxygens (including phenoxy) is 1. The molecule has 0 bridgehead atoms. The van der Waals surface area contributed by atoms with Gasteiger partial charge >= 0.3 is 5.97 Å². The van der Waals surface area contributed by atoms with Crippen LogP contribution in [0.4, 0.5) is 4.39 Å². The van der Waals surface area contributed by atoms with Crippen LogP contribution in [0.15, 0.2) is 48.5 Å². The molecular formula is C21H18FNO4S. The lowest BCUT2D eigenvalue weighted by Crippen LogP contribution is -2.47. The molecule has 2 atom stereocenters. The van der Waals surface area contributed by atoms with E-state index in [1.165, 1.54) is 24.3 Å². The fourth-order valence-corrected chi connectivity index (χ4v) is 5.04. The maximum atomic E-state index is 13.0. The lowest BCUT2D eigenvalue weighted by atomic mass is 10.0. The molecule has 4 rings (SSSR count). The van der Waals surface area contributed by atoms with Gasteiger partial charge in [-0.3, -0.25) is 9.59 Å². The molecule has 0 radical (unpaired) electrons. The maximum Gasteiger partial charge on any atom is 0.335 e. The van der Waals surface area contributed by atoms with Crippen molar-refractivity contribution in [1.82, 2.24) is 4.90 Å². The summed E-state index contributed by atoms with van der Waals surface area (Å²) in [6, 6.07) is 10.9. The Labute approximate surface area is 165 Å². The van der Waals surface area contributed by atoms with E-state index in [0.29, 0.717) is 29.1 Å². The smallest absolute Gasteiger partial charge is 0.335 e. The highest BCUT2D eigenvalue weighted by Crippen LogP contribution is 2.47. The summed E-state index contributed by atoms with van der Waals surface area (Å²) < 4.78 is 18.4. The van der Waals surface area contributed by atoms with E-state index in [0.717, 1.165) is 6.42 Å². The number of hydrogen-bond acceptors (Lipinski definition) is 5. The summed E-state index contributed by atoms with van der Waals surface area (Å²) in [5.74, 6) is -0.313. The van der Waals surface area contributed by atoms with Crippen LogP contribution in [0.1, 0.15) is 35.7 Å². The first kappa shape index (κ1) is 18.7. The van der Waals surface area contributed by atoms with E-state index in [4.69, 9.17) is 4.74 Å². The van der Waals surface area contributed by atoms with Crippen molar-refractivity contribution in [3.8, 4) is 5.75 Å². The molecule has 0 unspecified atom stereocenters. The number of esters is 1. The van der Waals surface area contributed by atoms with Crippen molar-refractivity contribution >= 4 is 29.4 Å². The zero-order valence-electron chi connectivity index (χ0n) is 15.2. The Hall–Kier alpha value is -2.67. The summed E-state index contributed by atoms with van der Waals surface area (Å²) >= 11 is 1.60. The average Bonchev–Trinajstić information content (AvgIpc) is 3.18. The van der Waals surface area contributed by atoms with Gasteiger partial charge in [0.2, 0.25) is 5.91 Å². The van der Waals surface area contributed by atoms with Gasteiger partial charge in [-0.25, -0.2) is 9.18 Å². The van der Waals surface area contributed by atoms with E-state index in [1.54, 1.807) is 40.9 Å². The molecule has 2 heterocycles. The molecule has 0 aliphatic carbocycles. The van der Waals surface area contributed by atoms with Crippen molar-refractivity contribution < 1.29 is 23.5 Å². The fraction of sp³-hybridized carbons (Fsp3) is 0.286. The van der Waals surface area contributed by atoms with E-state index in [9.17, 15) is 18.8 Å². The summed E-state index contributed by atoms with van der Waals surface area (Å²) in [4.78, 5) is 38.5. The second kappa shape index (κ2) is 7.05. The van der Waals surface area contributed by atoms with Gasteiger partial charge in [-0.05, 0) is 61.9 Å². The highest BCUT2D eigenvalue weighted by molar-refractivity contribution is 8.01. The number of ketones is 1. The Bertz CT molecular complexity index is 944. The van der Waals surface area contributed by atoms with Crippen molar-refractivity contribution in [3.63, 3.8) is 0 Å². The van der Waals surface area contributed by atoms with Gasteiger partial charge in [0.1, 0.15) is 17.6 Å². The zero-order valence-corrected chi connectivity index (χ0v) is 16.0. The SMILES string of the molecule is C[C@@]12CCC(=O)N1[C@H](C(=O)Oc1ccc(C(=O)c3ccc(F)cc3)cc1)CS2. The second-order valence-electron chi connectivity index (χ2n) is 7.05. The van der Waals surface area contributed by atoms with E-state index in [-0.39, 0.29) is 16.6 Å². The second-order valence-corrected chi connectivity index (χ2v) is 8.55. The number of amides is 1. The number of rotatable bonds is 4. The molecule has 2 aromatic carbocycles. The molecule has 7 heteroatoms. The van der Waals surface area contributed by atoms with E-state index in [2.05, 4.69) is 0 Å². The summed E-state index contributed by atoms with van der Waals surface area (Å²) in [5.41, 5.74) is 0.783. The molecule has 0 saturated carbocycles. The van der Waals surface area contributed by atoms with Gasteiger partial charge in [0, 0.05) is 23.3 Å². The lowest BCUT2D eigenvalue weighted by molar-refractivity contribution is -0.146. The third kappa shape index (κ3) is 3.30. The van der Waals surface area contributed by atoms with Crippen LogP contribution < -0.4 is 4.74 Å². The largest absolute Gasteiger partial charge is 0.425 e. The van der Waals surface area contributed by atoms with Crippen molar-refractivity contribution in [1.29, 1.82) is 0 Å². The van der Waals surface area contributed by atoms with Crippen LogP contribution in [0.25, 0.3) is 0 Å². The third-order valence-electron chi connectivity index (χ3n) is 5.16. The molecule has 2 aliphatic rings. The van der Waals surface area contributed by atoms with Crippen LogP contribution in [0, 0.1) is 5.82 Å². The number of thioether (sulfide) groups is 1. The van der Waals surface area contributed by atoms with Gasteiger partial charge in [-0.1, -0.05) is 0 Å². The standard InChI is InChI=1S/C21H18FNO4S/c1-21-11-10-18(24)23(21)17(12-28-21)20(26)27-16-8-4-14(5-9-16)19(25)13-2-6-15(22)7-3-13/h2-9,17H,10-12H2,1H3/t17-,21+/m0/s1. The molecule has 1 amide bonds. The molecular weight excluding hydrogens is 381 g/mol. The molecule has 2 aliphatic heterocycles. The van der Waals surface area contributed by atoms with Crippen molar-refractivity contribution in [2.75, 3.05) is 5.75 Å². The van der Waals surface area contributed by atoms with Crippen LogP contribution in [-0.4, -0.2) is 39.2 Å². The van der Waals surface area contributed by atoms with Gasteiger partial charge < -0.3 is 9.64 Å². The minimum Gasteiger partial charge on any atom is -0.425 e. The Morgan fingerprint density at radius 1 is 1.11 bits per heavy atom. The molecule has 5 nitrogen and oxygen atoms in total. The van der Waals surface area contributed by atoms with Crippen LogP contribution >= 0.6 is 11.8 Å². The first-order chi connectivity index (χ1) is 13.4. The first-order valence-electron chi connectivity index (χ1n) is 8.95. The molecule has 0 spiro atoms. The number of hydrogen-bond donors (Lipinski definition) is 0. The minimum absolute atomic E-state index is 0.0188. The van der Waals surface area contributed by atoms with Gasteiger partial charge in [-0.2, -0.15) is 0 Å². The van der Waals surface area contributed by atoms with Gasteiger partial charge in [0.05, 0.1) is 4.87 Å². The van der Waals surface area contributed by atoms with Crippen LogP contribution in [0.3, 0.4) is 0 Å². The quantitative estimate of drug-likeness (QED) is 0.448. The third-order valence-corrected chi connectivity index (χ3v) is 6.66. The van der Waals surface area contributed by atoms with E-state index in [1.807, 2.05) is 6.92 Å². The Morgan fingerprint density at radius 2 is 1.71 bits per heavy atom. The van der Waals surface area contributed by atoms with E-state index < -0.39 is 17.8 Å². The fourth-order valence-electron chi connectivity index (χ4n) is 3.62. The number of carbonyl (C=O) groups is 3. The minimum atomic E-state index is -0.592. The number of halogens is 1. The van der Waals surface area contributed by atoms with Crippen molar-refractivity contribution in [3.05, 3.63) is 65.5 Å². The molecule has 2 fully saturated rings. The van der Waals surface area contributed by atoms with Crippen molar-refractivity contribution in [2.24, 2.45) is 0 Å². The van der Waals surface area contributed by atoms with Crippen LogP contribution in [0.5, 0.6) is 5.75 Å². The first-order valence-corrected chi connectivity index (χ1v) is 9.94. The normalized spacial score (nSPS) is 23.6. The number of nitrogens with zero attached hydrogens (tertiary/aromatic N) is 1. The van der Waals surface area contributed by atoms with Gasteiger partial charge in [0.15, 0.2) is 5.78 Å². The predicted molar refractivity (Wildman–Crippen MR) is 103 cm³/mol. The number of fused-ring (bicyclic) bond motifs is 1. The van der Waals surface area contributed by atoms with Crippen LogP contribution in [0.2, 0.25) is 0 Å². The molecule has 144 valence electrons. The maximum absolute atomic E-state index is 13.0.